The highest BCUT2D eigenvalue weighted by Gasteiger charge is 2.29. The second-order valence-electron chi connectivity index (χ2n) is 6.60. The molecule has 0 spiro atoms. The average molecular weight is 384 g/mol. The molecule has 2 amide bonds. The fraction of sp³-hybridized carbons (Fsp3) is 0.389. The lowest BCUT2D eigenvalue weighted by Crippen LogP contribution is -2.47. The SMILES string of the molecule is Cc1nn2cc(CNC(=O)N3CCC[C@H](C(=O)c4ccccn4)C3)nc2s1. The first-order valence-corrected chi connectivity index (χ1v) is 9.71. The van der Waals surface area contributed by atoms with Gasteiger partial charge in [0.1, 0.15) is 10.7 Å². The number of fused-ring (bicyclic) bond motifs is 1. The number of hydrogen-bond donors (Lipinski definition) is 1. The second kappa shape index (κ2) is 7.43. The van der Waals surface area contributed by atoms with E-state index in [1.807, 2.05) is 13.1 Å². The molecular weight excluding hydrogens is 364 g/mol. The molecule has 8 nitrogen and oxygen atoms in total. The maximum absolute atomic E-state index is 12.6. The lowest BCUT2D eigenvalue weighted by Gasteiger charge is -2.31. The summed E-state index contributed by atoms with van der Waals surface area (Å²) in [6, 6.07) is 5.14. The quantitative estimate of drug-likeness (QED) is 0.697. The van der Waals surface area contributed by atoms with E-state index in [1.165, 1.54) is 11.3 Å². The first-order chi connectivity index (χ1) is 13.1. The number of piperidine rings is 1. The molecule has 1 atom stereocenters. The fourth-order valence-electron chi connectivity index (χ4n) is 3.30. The van der Waals surface area contributed by atoms with Crippen LogP contribution in [0.1, 0.15) is 34.0 Å². The van der Waals surface area contributed by atoms with Gasteiger partial charge in [0.2, 0.25) is 4.96 Å². The summed E-state index contributed by atoms with van der Waals surface area (Å²) in [5, 5.41) is 8.16. The molecule has 4 heterocycles. The number of aryl methyl sites for hydroxylation is 1. The second-order valence-corrected chi connectivity index (χ2v) is 7.76. The van der Waals surface area contributed by atoms with E-state index in [0.717, 1.165) is 28.5 Å². The van der Waals surface area contributed by atoms with E-state index in [4.69, 9.17) is 0 Å². The Kier molecular flexibility index (Phi) is 4.85. The van der Waals surface area contributed by atoms with Crippen molar-refractivity contribution in [2.24, 2.45) is 5.92 Å². The van der Waals surface area contributed by atoms with Gasteiger partial charge in [-0.3, -0.25) is 9.78 Å². The zero-order valence-corrected chi connectivity index (χ0v) is 15.8. The molecule has 1 saturated heterocycles. The Balaban J connectivity index is 1.35. The first kappa shape index (κ1) is 17.6. The van der Waals surface area contributed by atoms with Gasteiger partial charge in [0, 0.05) is 25.2 Å². The van der Waals surface area contributed by atoms with Crippen molar-refractivity contribution in [3.8, 4) is 0 Å². The minimum atomic E-state index is -0.204. The van der Waals surface area contributed by atoms with Crippen LogP contribution in [0.2, 0.25) is 0 Å². The molecule has 1 N–H and O–H groups in total. The number of urea groups is 1. The van der Waals surface area contributed by atoms with Crippen LogP contribution >= 0.6 is 11.3 Å². The number of carbonyl (C=O) groups is 2. The van der Waals surface area contributed by atoms with Gasteiger partial charge in [-0.15, -0.1) is 0 Å². The molecule has 3 aromatic rings. The molecule has 3 aromatic heterocycles. The monoisotopic (exact) mass is 384 g/mol. The highest BCUT2D eigenvalue weighted by molar-refractivity contribution is 7.16. The maximum atomic E-state index is 12.6. The van der Waals surface area contributed by atoms with Crippen molar-refractivity contribution in [3.63, 3.8) is 0 Å². The van der Waals surface area contributed by atoms with Gasteiger partial charge in [0.15, 0.2) is 5.78 Å². The van der Waals surface area contributed by atoms with E-state index in [-0.39, 0.29) is 17.7 Å². The van der Waals surface area contributed by atoms with Crippen molar-refractivity contribution in [3.05, 3.63) is 47.0 Å². The number of carbonyl (C=O) groups excluding carboxylic acids is 2. The normalized spacial score (nSPS) is 17.2. The molecule has 1 aliphatic heterocycles. The molecular formula is C18H20N6O2S. The Bertz CT molecular complexity index is 935. The van der Waals surface area contributed by atoms with E-state index in [9.17, 15) is 9.59 Å². The number of hydrogen-bond acceptors (Lipinski definition) is 6. The van der Waals surface area contributed by atoms with Crippen LogP contribution in [0.3, 0.4) is 0 Å². The number of likely N-dealkylation sites (tertiary alicyclic amines) is 1. The number of amides is 2. The summed E-state index contributed by atoms with van der Waals surface area (Å²) >= 11 is 1.51. The number of nitrogens with zero attached hydrogens (tertiary/aromatic N) is 5. The standard InChI is InChI=1S/C18H20N6O2S/c1-12-22-24-11-14(21-18(24)27-12)9-20-17(26)23-8-4-5-13(10-23)16(25)15-6-2-3-7-19-15/h2-3,6-7,11,13H,4-5,8-10H2,1H3,(H,20,26)/t13-/m0/s1. The minimum absolute atomic E-state index is 0.00360. The van der Waals surface area contributed by atoms with Crippen LogP contribution in [0.15, 0.2) is 30.6 Å². The lowest BCUT2D eigenvalue weighted by atomic mass is 9.92. The molecule has 1 aliphatic rings. The average Bonchev–Trinajstić information content (AvgIpc) is 3.23. The Morgan fingerprint density at radius 1 is 1.37 bits per heavy atom. The largest absolute Gasteiger partial charge is 0.332 e. The molecule has 0 aromatic carbocycles. The number of aromatic nitrogens is 4. The van der Waals surface area contributed by atoms with Crippen molar-refractivity contribution in [1.82, 2.24) is 29.8 Å². The summed E-state index contributed by atoms with van der Waals surface area (Å²) in [4.78, 5) is 36.2. The van der Waals surface area contributed by atoms with Crippen LogP contribution in [0, 0.1) is 12.8 Å². The van der Waals surface area contributed by atoms with Crippen LogP contribution in [0.25, 0.3) is 4.96 Å². The Hall–Kier alpha value is -2.81. The van der Waals surface area contributed by atoms with Crippen molar-refractivity contribution >= 4 is 28.1 Å². The smallest absolute Gasteiger partial charge is 0.317 e. The third-order valence-electron chi connectivity index (χ3n) is 4.61. The number of imidazole rings is 1. The number of ketones is 1. The number of Topliss-reactive ketones (excluding diaryl/α,β-unsaturated/α-hetero) is 1. The Morgan fingerprint density at radius 2 is 2.26 bits per heavy atom. The topological polar surface area (TPSA) is 92.5 Å². The summed E-state index contributed by atoms with van der Waals surface area (Å²) in [5.41, 5.74) is 1.23. The van der Waals surface area contributed by atoms with E-state index in [0.29, 0.717) is 25.3 Å². The molecule has 9 heteroatoms. The summed E-state index contributed by atoms with van der Waals surface area (Å²) < 4.78 is 1.73. The predicted octanol–water partition coefficient (Wildman–Crippen LogP) is 2.30. The lowest BCUT2D eigenvalue weighted by molar-refractivity contribution is 0.0840. The number of pyridine rings is 1. The summed E-state index contributed by atoms with van der Waals surface area (Å²) in [5.74, 6) is -0.201. The Labute approximate surface area is 160 Å². The van der Waals surface area contributed by atoms with Crippen molar-refractivity contribution in [2.75, 3.05) is 13.1 Å². The fourth-order valence-corrected chi connectivity index (χ4v) is 4.04. The highest BCUT2D eigenvalue weighted by atomic mass is 32.1. The molecule has 140 valence electrons. The van der Waals surface area contributed by atoms with E-state index in [2.05, 4.69) is 20.4 Å². The number of nitrogens with one attached hydrogen (secondary N) is 1. The molecule has 0 saturated carbocycles. The van der Waals surface area contributed by atoms with Crippen molar-refractivity contribution in [2.45, 2.75) is 26.3 Å². The molecule has 0 radical (unpaired) electrons. The van der Waals surface area contributed by atoms with Gasteiger partial charge in [-0.25, -0.2) is 14.3 Å². The van der Waals surface area contributed by atoms with E-state index < -0.39 is 0 Å². The summed E-state index contributed by atoms with van der Waals surface area (Å²) in [6.45, 7) is 3.33. The molecule has 4 rings (SSSR count). The van der Waals surface area contributed by atoms with Crippen molar-refractivity contribution in [1.29, 1.82) is 0 Å². The molecule has 0 bridgehead atoms. The molecule has 27 heavy (non-hydrogen) atoms. The first-order valence-electron chi connectivity index (χ1n) is 8.90. The zero-order valence-electron chi connectivity index (χ0n) is 15.0. The van der Waals surface area contributed by atoms with Gasteiger partial charge in [-0.1, -0.05) is 17.4 Å². The van der Waals surface area contributed by atoms with Gasteiger partial charge in [0.05, 0.1) is 18.4 Å². The summed E-state index contributed by atoms with van der Waals surface area (Å²) in [6.07, 6.45) is 5.02. The number of rotatable bonds is 4. The van der Waals surface area contributed by atoms with Crippen LogP contribution in [0.5, 0.6) is 0 Å². The molecule has 0 aliphatic carbocycles. The van der Waals surface area contributed by atoms with E-state index >= 15 is 0 Å². The summed E-state index contributed by atoms with van der Waals surface area (Å²) in [7, 11) is 0. The van der Waals surface area contributed by atoms with Crippen molar-refractivity contribution < 1.29 is 9.59 Å². The van der Waals surface area contributed by atoms with Crippen LogP contribution in [-0.4, -0.2) is 49.4 Å². The Morgan fingerprint density at radius 3 is 3.04 bits per heavy atom. The van der Waals surface area contributed by atoms with Crippen LogP contribution in [-0.2, 0) is 6.54 Å². The maximum Gasteiger partial charge on any atom is 0.317 e. The van der Waals surface area contributed by atoms with Gasteiger partial charge in [0.25, 0.3) is 0 Å². The van der Waals surface area contributed by atoms with Crippen LogP contribution < -0.4 is 5.32 Å². The van der Waals surface area contributed by atoms with Gasteiger partial charge < -0.3 is 10.2 Å². The third-order valence-corrected chi connectivity index (χ3v) is 5.45. The molecule has 0 unspecified atom stereocenters. The van der Waals surface area contributed by atoms with Gasteiger partial charge in [-0.05, 0) is 31.9 Å². The third kappa shape index (κ3) is 3.82. The van der Waals surface area contributed by atoms with Gasteiger partial charge >= 0.3 is 6.03 Å². The van der Waals surface area contributed by atoms with E-state index in [1.54, 1.807) is 33.8 Å². The highest BCUT2D eigenvalue weighted by Crippen LogP contribution is 2.20. The van der Waals surface area contributed by atoms with Gasteiger partial charge in [-0.2, -0.15) is 5.10 Å². The van der Waals surface area contributed by atoms with Crippen LogP contribution in [0.4, 0.5) is 4.79 Å². The predicted molar refractivity (Wildman–Crippen MR) is 101 cm³/mol. The minimum Gasteiger partial charge on any atom is -0.332 e. The zero-order chi connectivity index (χ0) is 18.8. The molecule has 1 fully saturated rings.